The van der Waals surface area contributed by atoms with Crippen LogP contribution in [0.5, 0.6) is 0 Å². The predicted octanol–water partition coefficient (Wildman–Crippen LogP) is 4.34. The van der Waals surface area contributed by atoms with Crippen LogP contribution in [0.2, 0.25) is 25.7 Å². The lowest BCUT2D eigenvalue weighted by Gasteiger charge is -2.35. The highest BCUT2D eigenvalue weighted by molar-refractivity contribution is 7.89. The minimum absolute atomic E-state index is 0.00956. The van der Waals surface area contributed by atoms with Crippen LogP contribution in [-0.2, 0) is 29.1 Å². The summed E-state index contributed by atoms with van der Waals surface area (Å²) in [6.07, 6.45) is 0.0773. The second kappa shape index (κ2) is 12.8. The minimum Gasteiger partial charge on any atom is -0.468 e. The van der Waals surface area contributed by atoms with E-state index in [1.54, 1.807) is 36.4 Å². The molecule has 0 spiro atoms. The smallest absolute Gasteiger partial charge is 0.379 e. The minimum atomic E-state index is -3.93. The predicted molar refractivity (Wildman–Crippen MR) is 164 cm³/mol. The van der Waals surface area contributed by atoms with Gasteiger partial charge in [-0.1, -0.05) is 60.7 Å². The molecule has 0 amide bonds. The number of Topliss-reactive ketones (excluding diaryl/α,β-unsaturated/α-hetero) is 1. The first-order valence-corrected chi connectivity index (χ1v) is 19.1. The number of piperidine rings is 1. The number of nitrogens with zero attached hydrogens (tertiary/aromatic N) is 2. The van der Waals surface area contributed by atoms with E-state index in [1.807, 2.05) is 6.92 Å². The molecule has 1 fully saturated rings. The molecule has 1 saturated heterocycles. The number of para-hydroxylation sites is 1. The molecule has 0 aliphatic carbocycles. The first kappa shape index (κ1) is 32.1. The van der Waals surface area contributed by atoms with E-state index in [2.05, 4.69) is 29.8 Å². The lowest BCUT2D eigenvalue weighted by Crippen LogP contribution is -2.47. The zero-order valence-corrected chi connectivity index (χ0v) is 26.7. The SMILES string of the molecule is COC(=O)[C@H](c1[nH]c2ccccc2c1C(=O)C(=O)OCC[Si](C)(C)C)[C@H]1CCN(S(=O)(=O)c2ccc(C)cc2)C/C1=N/O. The first-order valence-electron chi connectivity index (χ1n) is 14.0. The number of ether oxygens (including phenoxy) is 2. The standard InChI is InChI=1S/C30H37N3O8SSi/c1-19-10-12-20(13-11-19)42(38,39)33-15-14-22(24(18-33)32-37)26(29(35)40-2)27-25(21-8-6-7-9-23(21)31-27)28(34)30(36)41-16-17-43(3,4)5/h6-13,22,26,31,37H,14-18H2,1-5H3/b32-24-/t22-,26-/m0/s1. The van der Waals surface area contributed by atoms with Gasteiger partial charge in [0.2, 0.25) is 10.0 Å². The molecule has 13 heteroatoms. The number of benzene rings is 2. The molecule has 0 unspecified atom stereocenters. The van der Waals surface area contributed by atoms with Crippen molar-refractivity contribution in [2.24, 2.45) is 11.1 Å². The van der Waals surface area contributed by atoms with Gasteiger partial charge in [-0.3, -0.25) is 9.59 Å². The molecule has 2 heterocycles. The lowest BCUT2D eigenvalue weighted by atomic mass is 9.79. The highest BCUT2D eigenvalue weighted by Gasteiger charge is 2.44. The Morgan fingerprint density at radius 2 is 1.79 bits per heavy atom. The summed E-state index contributed by atoms with van der Waals surface area (Å²) < 4.78 is 38.4. The molecule has 1 aromatic heterocycles. The molecule has 0 saturated carbocycles. The Balaban J connectivity index is 1.71. The lowest BCUT2D eigenvalue weighted by molar-refractivity contribution is -0.143. The van der Waals surface area contributed by atoms with Gasteiger partial charge in [-0.25, -0.2) is 13.2 Å². The normalized spacial score (nSPS) is 18.0. The molecule has 11 nitrogen and oxygen atoms in total. The number of carbonyl (C=O) groups is 3. The Hall–Kier alpha value is -3.81. The molecule has 1 aliphatic rings. The number of carbonyl (C=O) groups excluding carboxylic acids is 3. The fourth-order valence-corrected chi connectivity index (χ4v) is 7.37. The van der Waals surface area contributed by atoms with Crippen LogP contribution in [-0.4, -0.2) is 81.2 Å². The van der Waals surface area contributed by atoms with Gasteiger partial charge < -0.3 is 19.7 Å². The maximum Gasteiger partial charge on any atom is 0.379 e. The molecular formula is C30H37N3O8SSi. The summed E-state index contributed by atoms with van der Waals surface area (Å²) >= 11 is 0. The number of hydrogen-bond acceptors (Lipinski definition) is 9. The largest absolute Gasteiger partial charge is 0.468 e. The van der Waals surface area contributed by atoms with E-state index in [9.17, 15) is 28.0 Å². The van der Waals surface area contributed by atoms with Crippen LogP contribution in [0.1, 0.15) is 34.0 Å². The summed E-state index contributed by atoms with van der Waals surface area (Å²) in [6.45, 7) is 8.05. The van der Waals surface area contributed by atoms with Gasteiger partial charge in [-0.05, 0) is 37.6 Å². The molecule has 43 heavy (non-hydrogen) atoms. The average Bonchev–Trinajstić information content (AvgIpc) is 3.35. The van der Waals surface area contributed by atoms with E-state index in [1.165, 1.54) is 23.5 Å². The van der Waals surface area contributed by atoms with Crippen LogP contribution in [0.3, 0.4) is 0 Å². The number of esters is 2. The molecule has 230 valence electrons. The number of aromatic amines is 1. The second-order valence-corrected chi connectivity index (χ2v) is 19.4. The van der Waals surface area contributed by atoms with Gasteiger partial charge in [0.15, 0.2) is 0 Å². The van der Waals surface area contributed by atoms with E-state index < -0.39 is 47.7 Å². The molecule has 4 rings (SSSR count). The number of aromatic nitrogens is 1. The summed E-state index contributed by atoms with van der Waals surface area (Å²) in [6, 6.07) is 13.9. The van der Waals surface area contributed by atoms with Gasteiger partial charge in [-0.2, -0.15) is 4.31 Å². The molecular weight excluding hydrogens is 590 g/mol. The van der Waals surface area contributed by atoms with Crippen molar-refractivity contribution in [1.29, 1.82) is 0 Å². The molecule has 2 N–H and O–H groups in total. The van der Waals surface area contributed by atoms with Crippen LogP contribution in [0, 0.1) is 12.8 Å². The van der Waals surface area contributed by atoms with Gasteiger partial charge in [0.25, 0.3) is 5.78 Å². The third kappa shape index (κ3) is 6.89. The Bertz CT molecular complexity index is 1660. The van der Waals surface area contributed by atoms with Gasteiger partial charge in [-0.15, -0.1) is 0 Å². The Kier molecular flexibility index (Phi) is 9.57. The van der Waals surface area contributed by atoms with Crippen molar-refractivity contribution in [3.63, 3.8) is 0 Å². The highest BCUT2D eigenvalue weighted by atomic mass is 32.2. The van der Waals surface area contributed by atoms with Crippen molar-refractivity contribution in [1.82, 2.24) is 9.29 Å². The fourth-order valence-electron chi connectivity index (χ4n) is 5.22. The number of methoxy groups -OCH3 is 1. The zero-order valence-electron chi connectivity index (χ0n) is 24.9. The first-order chi connectivity index (χ1) is 20.3. The van der Waals surface area contributed by atoms with Crippen LogP contribution < -0.4 is 0 Å². The van der Waals surface area contributed by atoms with Crippen LogP contribution in [0.15, 0.2) is 58.6 Å². The maximum absolute atomic E-state index is 13.6. The summed E-state index contributed by atoms with van der Waals surface area (Å²) in [5.41, 5.74) is 1.51. The number of sulfonamides is 1. The number of ketones is 1. The quantitative estimate of drug-likeness (QED) is 0.0840. The maximum atomic E-state index is 13.6. The Morgan fingerprint density at radius 1 is 1.12 bits per heavy atom. The van der Waals surface area contributed by atoms with E-state index in [-0.39, 0.29) is 48.0 Å². The van der Waals surface area contributed by atoms with Gasteiger partial charge in [0.1, 0.15) is 5.92 Å². The molecule has 0 radical (unpaired) electrons. The third-order valence-corrected chi connectivity index (χ3v) is 11.2. The second-order valence-electron chi connectivity index (χ2n) is 11.9. The number of nitrogens with one attached hydrogen (secondary N) is 1. The summed E-state index contributed by atoms with van der Waals surface area (Å²) in [4.78, 5) is 43.2. The topological polar surface area (TPSA) is 155 Å². The summed E-state index contributed by atoms with van der Waals surface area (Å²) in [5.74, 6) is -4.75. The number of H-pyrrole nitrogens is 1. The summed E-state index contributed by atoms with van der Waals surface area (Å²) in [5, 5.41) is 13.9. The molecule has 2 atom stereocenters. The molecule has 1 aliphatic heterocycles. The Morgan fingerprint density at radius 3 is 2.42 bits per heavy atom. The van der Waals surface area contributed by atoms with Gasteiger partial charge in [0.05, 0.1) is 36.4 Å². The van der Waals surface area contributed by atoms with E-state index >= 15 is 0 Å². The Labute approximate surface area is 251 Å². The summed E-state index contributed by atoms with van der Waals surface area (Å²) in [7, 11) is -4.27. The van der Waals surface area contributed by atoms with Crippen molar-refractivity contribution in [3.8, 4) is 0 Å². The van der Waals surface area contributed by atoms with Gasteiger partial charge in [0, 0.05) is 37.1 Å². The number of aryl methyl sites for hydroxylation is 1. The highest BCUT2D eigenvalue weighted by Crippen LogP contribution is 2.38. The monoisotopic (exact) mass is 627 g/mol. The van der Waals surface area contributed by atoms with Crippen molar-refractivity contribution in [2.75, 3.05) is 26.8 Å². The number of fused-ring (bicyclic) bond motifs is 1. The van der Waals surface area contributed by atoms with E-state index in [0.29, 0.717) is 16.9 Å². The molecule has 3 aromatic rings. The van der Waals surface area contributed by atoms with Crippen molar-refractivity contribution >= 4 is 52.4 Å². The zero-order chi connectivity index (χ0) is 31.5. The van der Waals surface area contributed by atoms with Crippen LogP contribution in [0.4, 0.5) is 0 Å². The molecule has 2 aromatic carbocycles. The third-order valence-electron chi connectivity index (χ3n) is 7.64. The number of hydrogen-bond donors (Lipinski definition) is 2. The van der Waals surface area contributed by atoms with Crippen LogP contribution >= 0.6 is 0 Å². The van der Waals surface area contributed by atoms with E-state index in [0.717, 1.165) is 5.56 Å². The number of rotatable bonds is 10. The fraction of sp³-hybridized carbons (Fsp3) is 0.400. The molecule has 0 bridgehead atoms. The van der Waals surface area contributed by atoms with Gasteiger partial charge >= 0.3 is 11.9 Å². The van der Waals surface area contributed by atoms with Crippen molar-refractivity contribution in [2.45, 2.75) is 49.8 Å². The van der Waals surface area contributed by atoms with E-state index in [4.69, 9.17) is 9.47 Å². The van der Waals surface area contributed by atoms with Crippen molar-refractivity contribution in [3.05, 3.63) is 65.4 Å². The average molecular weight is 628 g/mol. The van der Waals surface area contributed by atoms with Crippen LogP contribution in [0.25, 0.3) is 10.9 Å². The van der Waals surface area contributed by atoms with Crippen molar-refractivity contribution < 1.29 is 37.5 Å². The number of oxime groups is 1.